The third-order valence-corrected chi connectivity index (χ3v) is 8.97. The molecule has 0 unspecified atom stereocenters. The van der Waals surface area contributed by atoms with Crippen molar-refractivity contribution in [3.05, 3.63) is 70.9 Å². The van der Waals surface area contributed by atoms with Crippen LogP contribution in [0.4, 0.5) is 0 Å². The largest absolute Gasteiger partial charge is 0.394 e. The first-order chi connectivity index (χ1) is 21.5. The van der Waals surface area contributed by atoms with Gasteiger partial charge in [-0.1, -0.05) is 42.5 Å². The van der Waals surface area contributed by atoms with E-state index in [-0.39, 0.29) is 11.8 Å². The molecular formula is C34H46N4O7. The van der Waals surface area contributed by atoms with E-state index in [1.54, 1.807) is 18.7 Å². The Morgan fingerprint density at radius 2 is 1.69 bits per heavy atom. The van der Waals surface area contributed by atoms with E-state index in [4.69, 9.17) is 4.74 Å². The molecule has 11 nitrogen and oxygen atoms in total. The zero-order chi connectivity index (χ0) is 32.3. The second-order valence-electron chi connectivity index (χ2n) is 12.8. The van der Waals surface area contributed by atoms with E-state index in [1.165, 1.54) is 0 Å². The van der Waals surface area contributed by atoms with Gasteiger partial charge in [-0.3, -0.25) is 9.59 Å². The molecule has 2 saturated heterocycles. The van der Waals surface area contributed by atoms with Crippen LogP contribution in [0.1, 0.15) is 55.0 Å². The lowest BCUT2D eigenvalue weighted by Gasteiger charge is -2.40. The zero-order valence-electron chi connectivity index (χ0n) is 26.3. The number of para-hydroxylation sites is 1. The summed E-state index contributed by atoms with van der Waals surface area (Å²) in [6.45, 7) is 8.42. The summed E-state index contributed by atoms with van der Waals surface area (Å²) in [6.07, 6.45) is -2.50. The molecule has 6 N–H and O–H groups in total. The minimum Gasteiger partial charge on any atom is -0.394 e. The highest BCUT2D eigenvalue weighted by atomic mass is 16.5. The highest BCUT2D eigenvalue weighted by Crippen LogP contribution is 2.38. The number of carbonyl (C=O) groups is 2. The van der Waals surface area contributed by atoms with Gasteiger partial charge in [0.1, 0.15) is 36.1 Å². The Labute approximate surface area is 263 Å². The van der Waals surface area contributed by atoms with Gasteiger partial charge in [0.25, 0.3) is 0 Å². The number of carbonyl (C=O) groups excluding carboxylic acids is 2. The van der Waals surface area contributed by atoms with Gasteiger partial charge in [0.05, 0.1) is 12.1 Å². The van der Waals surface area contributed by atoms with Gasteiger partial charge in [-0.25, -0.2) is 0 Å². The minimum atomic E-state index is -1.45. The van der Waals surface area contributed by atoms with Crippen molar-refractivity contribution >= 4 is 22.7 Å². The maximum atomic E-state index is 12.9. The average molecular weight is 623 g/mol. The highest BCUT2D eigenvalue weighted by Gasteiger charge is 2.45. The normalized spacial score (nSPS) is 24.2. The van der Waals surface area contributed by atoms with Crippen LogP contribution in [0.5, 0.6) is 0 Å². The molecule has 45 heavy (non-hydrogen) atoms. The number of aliphatic hydroxyl groups excluding tert-OH is 4. The summed E-state index contributed by atoms with van der Waals surface area (Å²) >= 11 is 0. The summed E-state index contributed by atoms with van der Waals surface area (Å²) in [5, 5.41) is 48.2. The van der Waals surface area contributed by atoms with Gasteiger partial charge in [-0.05, 0) is 50.3 Å². The van der Waals surface area contributed by atoms with Crippen molar-refractivity contribution in [3.63, 3.8) is 0 Å². The number of rotatable bonds is 10. The predicted molar refractivity (Wildman–Crippen MR) is 170 cm³/mol. The molecule has 3 aromatic rings. The number of piperazine rings is 1. The molecule has 0 spiro atoms. The van der Waals surface area contributed by atoms with Crippen molar-refractivity contribution in [2.45, 2.75) is 82.6 Å². The van der Waals surface area contributed by atoms with E-state index in [2.05, 4.69) is 39.5 Å². The molecule has 5 rings (SSSR count). The molecule has 11 heteroatoms. The first-order valence-corrected chi connectivity index (χ1v) is 15.8. The van der Waals surface area contributed by atoms with Gasteiger partial charge >= 0.3 is 0 Å². The Kier molecular flexibility index (Phi) is 10.3. The van der Waals surface area contributed by atoms with E-state index >= 15 is 0 Å². The molecule has 0 aliphatic carbocycles. The van der Waals surface area contributed by atoms with Gasteiger partial charge in [0, 0.05) is 56.3 Å². The third-order valence-electron chi connectivity index (χ3n) is 8.97. The lowest BCUT2D eigenvalue weighted by atomic mass is 9.91. The molecule has 0 bridgehead atoms. The smallest absolute Gasteiger partial charge is 0.247 e. The van der Waals surface area contributed by atoms with Crippen molar-refractivity contribution in [1.29, 1.82) is 0 Å². The fourth-order valence-electron chi connectivity index (χ4n) is 6.47. The highest BCUT2D eigenvalue weighted by molar-refractivity contribution is 5.91. The molecule has 3 heterocycles. The third kappa shape index (κ3) is 7.24. The van der Waals surface area contributed by atoms with Gasteiger partial charge in [0.15, 0.2) is 0 Å². The van der Waals surface area contributed by atoms with E-state index in [0.29, 0.717) is 38.0 Å². The molecule has 2 amide bonds. The summed E-state index contributed by atoms with van der Waals surface area (Å²) in [4.78, 5) is 27.4. The second kappa shape index (κ2) is 14.0. The number of benzene rings is 2. The van der Waals surface area contributed by atoms with Crippen LogP contribution < -0.4 is 10.6 Å². The Morgan fingerprint density at radius 3 is 2.38 bits per heavy atom. The fourth-order valence-corrected chi connectivity index (χ4v) is 6.47. The van der Waals surface area contributed by atoms with Crippen LogP contribution >= 0.6 is 0 Å². The molecule has 2 aliphatic rings. The Morgan fingerprint density at radius 1 is 1.00 bits per heavy atom. The van der Waals surface area contributed by atoms with Crippen molar-refractivity contribution in [2.75, 3.05) is 32.8 Å². The molecule has 5 atom stereocenters. The number of ether oxygens (including phenoxy) is 1. The first-order valence-electron chi connectivity index (χ1n) is 15.8. The fraction of sp³-hybridized carbons (Fsp3) is 0.529. The SMILES string of the molecule is Cc1cccc2c([C@@H]3O[C@H](CO)[C@@H](O)[C@H](O)[C@H]3O)cn(Cc3ccc(CCCC(=O)NC(C)(C)C(=O)N4CCNCC4)cc3)c12. The van der Waals surface area contributed by atoms with Gasteiger partial charge in [-0.15, -0.1) is 0 Å². The summed E-state index contributed by atoms with van der Waals surface area (Å²) in [7, 11) is 0. The van der Waals surface area contributed by atoms with Crippen molar-refractivity contribution in [3.8, 4) is 0 Å². The molecule has 244 valence electrons. The van der Waals surface area contributed by atoms with Crippen LogP contribution in [-0.4, -0.2) is 104 Å². The summed E-state index contributed by atoms with van der Waals surface area (Å²) in [5.41, 5.74) is 3.91. The van der Waals surface area contributed by atoms with Crippen LogP contribution in [-0.2, 0) is 27.3 Å². The number of hydrogen-bond acceptors (Lipinski definition) is 8. The predicted octanol–water partition coefficient (Wildman–Crippen LogP) is 1.16. The number of nitrogens with zero attached hydrogens (tertiary/aromatic N) is 2. The molecule has 0 radical (unpaired) electrons. The van der Waals surface area contributed by atoms with Crippen molar-refractivity contribution < 1.29 is 34.8 Å². The average Bonchev–Trinajstić information content (AvgIpc) is 3.39. The molecular weight excluding hydrogens is 576 g/mol. The quantitative estimate of drug-likeness (QED) is 0.197. The molecule has 2 fully saturated rings. The number of nitrogens with one attached hydrogen (secondary N) is 2. The maximum absolute atomic E-state index is 12.9. The van der Waals surface area contributed by atoms with Crippen molar-refractivity contribution in [2.24, 2.45) is 0 Å². The van der Waals surface area contributed by atoms with E-state index in [1.807, 2.05) is 31.3 Å². The van der Waals surface area contributed by atoms with Crippen LogP contribution in [0.2, 0.25) is 0 Å². The number of hydrogen-bond donors (Lipinski definition) is 6. The molecule has 2 aliphatic heterocycles. The standard InChI is InChI=1S/C34H46N4O7/c1-21-6-4-8-24-25(32-31(43)30(42)29(41)26(20-39)45-32)19-38(28(21)24)18-23-12-10-22(11-13-23)7-5-9-27(40)36-34(2,3)33(44)37-16-14-35-15-17-37/h4,6,8,10-13,19,26,29-32,35,39,41-43H,5,7,9,14-18,20H2,1-3H3,(H,36,40)/t26-,29-,30+,31-,32+/m1/s1. The second-order valence-corrected chi connectivity index (χ2v) is 12.8. The van der Waals surface area contributed by atoms with Crippen LogP contribution in [0.15, 0.2) is 48.7 Å². The Balaban J connectivity index is 1.21. The number of aryl methyl sites for hydroxylation is 2. The maximum Gasteiger partial charge on any atom is 0.247 e. The van der Waals surface area contributed by atoms with E-state index in [9.17, 15) is 30.0 Å². The number of fused-ring (bicyclic) bond motifs is 1. The van der Waals surface area contributed by atoms with Crippen LogP contribution in [0.3, 0.4) is 0 Å². The first kappa shape index (κ1) is 33.1. The number of aliphatic hydroxyl groups is 4. The topological polar surface area (TPSA) is 157 Å². The van der Waals surface area contributed by atoms with E-state index < -0.39 is 42.7 Å². The molecule has 2 aromatic carbocycles. The van der Waals surface area contributed by atoms with Gasteiger partial charge < -0.3 is 45.3 Å². The Bertz CT molecular complexity index is 1480. The summed E-state index contributed by atoms with van der Waals surface area (Å²) < 4.78 is 7.98. The summed E-state index contributed by atoms with van der Waals surface area (Å²) in [5.74, 6) is -0.191. The number of aromatic nitrogens is 1. The Hall–Kier alpha value is -3.32. The monoisotopic (exact) mass is 622 g/mol. The van der Waals surface area contributed by atoms with Crippen LogP contribution in [0.25, 0.3) is 10.9 Å². The minimum absolute atomic E-state index is 0.0566. The zero-order valence-corrected chi connectivity index (χ0v) is 26.3. The van der Waals surface area contributed by atoms with Crippen LogP contribution in [0, 0.1) is 6.92 Å². The van der Waals surface area contributed by atoms with Gasteiger partial charge in [0.2, 0.25) is 11.8 Å². The number of amides is 2. The van der Waals surface area contributed by atoms with Crippen molar-refractivity contribution in [1.82, 2.24) is 20.1 Å². The summed E-state index contributed by atoms with van der Waals surface area (Å²) in [6, 6.07) is 14.1. The lowest BCUT2D eigenvalue weighted by molar-refractivity contribution is -0.231. The van der Waals surface area contributed by atoms with Gasteiger partial charge in [-0.2, -0.15) is 0 Å². The molecule has 1 aromatic heterocycles. The lowest BCUT2D eigenvalue weighted by Crippen LogP contribution is -2.59. The van der Waals surface area contributed by atoms with E-state index in [0.717, 1.165) is 47.1 Å². The molecule has 0 saturated carbocycles.